The number of carbonyl (C=O) groups is 1. The van der Waals surface area contributed by atoms with Gasteiger partial charge in [-0.3, -0.25) is 0 Å². The molecule has 0 aromatic rings. The quantitative estimate of drug-likeness (QED) is 0.624. The molecule has 0 saturated carbocycles. The molecule has 7 heteroatoms. The summed E-state index contributed by atoms with van der Waals surface area (Å²) in [7, 11) is 7.23. The van der Waals surface area contributed by atoms with Gasteiger partial charge >= 0.3 is 5.97 Å². The fourth-order valence-corrected chi connectivity index (χ4v) is 2.08. The number of carbonyl (C=O) groups excluding carboxylic acids is 1. The highest BCUT2D eigenvalue weighted by molar-refractivity contribution is 5.75. The average molecular weight is 264 g/mol. The van der Waals surface area contributed by atoms with E-state index in [-0.39, 0.29) is 0 Å². The number of hydrogen-bond donors (Lipinski definition) is 0. The van der Waals surface area contributed by atoms with Crippen LogP contribution in [0, 0.1) is 0 Å². The molecule has 5 atom stereocenters. The summed E-state index contributed by atoms with van der Waals surface area (Å²) in [6, 6.07) is 0. The van der Waals surface area contributed by atoms with E-state index >= 15 is 0 Å². The van der Waals surface area contributed by atoms with Gasteiger partial charge in [-0.05, 0) is 0 Å². The third-order valence-corrected chi connectivity index (χ3v) is 2.98. The smallest absolute Gasteiger partial charge is 0.337 e. The minimum atomic E-state index is -0.915. The summed E-state index contributed by atoms with van der Waals surface area (Å²) in [5.74, 6) is -0.541. The molecular weight excluding hydrogens is 244 g/mol. The molecule has 0 aromatic heterocycles. The molecule has 0 aliphatic carbocycles. The number of rotatable bonds is 5. The maximum atomic E-state index is 11.7. The Bertz CT molecular complexity index is 270. The van der Waals surface area contributed by atoms with E-state index in [0.29, 0.717) is 0 Å². The van der Waals surface area contributed by atoms with Gasteiger partial charge in [0.2, 0.25) is 0 Å². The molecule has 0 bridgehead atoms. The molecule has 1 heterocycles. The molecule has 1 rings (SSSR count). The second-order valence-electron chi connectivity index (χ2n) is 3.78. The molecule has 0 amide bonds. The largest absolute Gasteiger partial charge is 0.467 e. The SMILES string of the molecule is COC(=O)[C@H]1O[C@H](OC)[C@H](OC)[C@@H](OC)[C@@H]1OC. The van der Waals surface area contributed by atoms with E-state index < -0.39 is 36.7 Å². The van der Waals surface area contributed by atoms with E-state index in [2.05, 4.69) is 4.74 Å². The van der Waals surface area contributed by atoms with Crippen LogP contribution in [0.5, 0.6) is 0 Å². The van der Waals surface area contributed by atoms with Crippen molar-refractivity contribution in [1.82, 2.24) is 0 Å². The fourth-order valence-electron chi connectivity index (χ4n) is 2.08. The minimum Gasteiger partial charge on any atom is -0.467 e. The Labute approximate surface area is 106 Å². The lowest BCUT2D eigenvalue weighted by atomic mass is 9.98. The molecule has 0 radical (unpaired) electrons. The third-order valence-electron chi connectivity index (χ3n) is 2.98. The van der Waals surface area contributed by atoms with Crippen LogP contribution in [0.25, 0.3) is 0 Å². The van der Waals surface area contributed by atoms with Gasteiger partial charge in [-0.1, -0.05) is 0 Å². The van der Waals surface area contributed by atoms with Gasteiger partial charge in [-0.15, -0.1) is 0 Å². The third kappa shape index (κ3) is 2.81. The summed E-state index contributed by atoms with van der Waals surface area (Å²) in [5, 5.41) is 0. The van der Waals surface area contributed by atoms with Crippen molar-refractivity contribution in [2.75, 3.05) is 35.5 Å². The van der Waals surface area contributed by atoms with Crippen LogP contribution in [-0.2, 0) is 33.2 Å². The van der Waals surface area contributed by atoms with Crippen molar-refractivity contribution in [1.29, 1.82) is 0 Å². The topological polar surface area (TPSA) is 72.5 Å². The van der Waals surface area contributed by atoms with Crippen LogP contribution in [0.3, 0.4) is 0 Å². The maximum absolute atomic E-state index is 11.7. The molecule has 106 valence electrons. The van der Waals surface area contributed by atoms with E-state index in [1.54, 1.807) is 0 Å². The summed E-state index contributed by atoms with van der Waals surface area (Å²) in [6.07, 6.45) is -3.26. The molecule has 1 aliphatic rings. The lowest BCUT2D eigenvalue weighted by Gasteiger charge is -2.42. The molecule has 1 fully saturated rings. The lowest BCUT2D eigenvalue weighted by molar-refractivity contribution is -0.299. The van der Waals surface area contributed by atoms with Crippen molar-refractivity contribution in [2.45, 2.75) is 30.7 Å². The number of methoxy groups -OCH3 is 5. The maximum Gasteiger partial charge on any atom is 0.337 e. The predicted molar refractivity (Wildman–Crippen MR) is 60.1 cm³/mol. The Balaban J connectivity index is 2.97. The van der Waals surface area contributed by atoms with Crippen LogP contribution in [-0.4, -0.2) is 72.2 Å². The lowest BCUT2D eigenvalue weighted by Crippen LogP contribution is -2.62. The summed E-state index contributed by atoms with van der Waals surface area (Å²) in [4.78, 5) is 11.7. The summed E-state index contributed by atoms with van der Waals surface area (Å²) in [6.45, 7) is 0. The molecule has 1 saturated heterocycles. The fraction of sp³-hybridized carbons (Fsp3) is 0.909. The highest BCUT2D eigenvalue weighted by Gasteiger charge is 2.50. The second-order valence-corrected chi connectivity index (χ2v) is 3.78. The molecule has 18 heavy (non-hydrogen) atoms. The summed E-state index contributed by atoms with van der Waals surface area (Å²) in [5.41, 5.74) is 0. The Hall–Kier alpha value is -0.730. The average Bonchev–Trinajstić information content (AvgIpc) is 2.43. The van der Waals surface area contributed by atoms with Crippen molar-refractivity contribution in [3.05, 3.63) is 0 Å². The summed E-state index contributed by atoms with van der Waals surface area (Å²) >= 11 is 0. The van der Waals surface area contributed by atoms with Gasteiger partial charge in [0, 0.05) is 28.4 Å². The number of hydrogen-bond acceptors (Lipinski definition) is 7. The van der Waals surface area contributed by atoms with Gasteiger partial charge in [-0.25, -0.2) is 4.79 Å². The zero-order valence-corrected chi connectivity index (χ0v) is 11.2. The van der Waals surface area contributed by atoms with E-state index in [4.69, 9.17) is 23.7 Å². The van der Waals surface area contributed by atoms with Crippen molar-refractivity contribution in [3.63, 3.8) is 0 Å². The zero-order valence-electron chi connectivity index (χ0n) is 11.2. The van der Waals surface area contributed by atoms with E-state index in [9.17, 15) is 4.79 Å². The standard InChI is InChI=1S/C11H20O7/c1-13-6-7(14-2)9(15-3)11(17-5)18-8(6)10(12)16-4/h6-9,11H,1-5H3/t6-,7-,8-,9+,11-/m0/s1. The van der Waals surface area contributed by atoms with Crippen LogP contribution in [0.1, 0.15) is 0 Å². The molecule has 1 aliphatic heterocycles. The first kappa shape index (κ1) is 15.3. The Morgan fingerprint density at radius 2 is 1.39 bits per heavy atom. The highest BCUT2D eigenvalue weighted by atomic mass is 16.7. The Morgan fingerprint density at radius 3 is 1.78 bits per heavy atom. The Kier molecular flexibility index (Phi) is 5.97. The van der Waals surface area contributed by atoms with Crippen molar-refractivity contribution < 1.29 is 33.2 Å². The zero-order chi connectivity index (χ0) is 13.7. The van der Waals surface area contributed by atoms with Crippen molar-refractivity contribution >= 4 is 5.97 Å². The molecule has 0 spiro atoms. The van der Waals surface area contributed by atoms with E-state index in [1.165, 1.54) is 35.5 Å². The van der Waals surface area contributed by atoms with Gasteiger partial charge in [-0.2, -0.15) is 0 Å². The first-order chi connectivity index (χ1) is 8.64. The molecule has 0 aromatic carbocycles. The molecule has 0 N–H and O–H groups in total. The van der Waals surface area contributed by atoms with Crippen molar-refractivity contribution in [2.24, 2.45) is 0 Å². The monoisotopic (exact) mass is 264 g/mol. The van der Waals surface area contributed by atoms with Gasteiger partial charge in [0.05, 0.1) is 7.11 Å². The van der Waals surface area contributed by atoms with Gasteiger partial charge in [0.1, 0.15) is 18.3 Å². The van der Waals surface area contributed by atoms with E-state index in [1.807, 2.05) is 0 Å². The predicted octanol–water partition coefficient (Wildman–Crippen LogP) is -0.424. The van der Waals surface area contributed by atoms with Crippen LogP contribution in [0.15, 0.2) is 0 Å². The van der Waals surface area contributed by atoms with Crippen LogP contribution in [0.2, 0.25) is 0 Å². The van der Waals surface area contributed by atoms with Crippen molar-refractivity contribution in [3.8, 4) is 0 Å². The summed E-state index contributed by atoms with van der Waals surface area (Å²) < 4.78 is 31.2. The number of esters is 1. The first-order valence-corrected chi connectivity index (χ1v) is 5.49. The van der Waals surface area contributed by atoms with Gasteiger partial charge in [0.25, 0.3) is 0 Å². The highest BCUT2D eigenvalue weighted by Crippen LogP contribution is 2.27. The van der Waals surface area contributed by atoms with Gasteiger partial charge < -0.3 is 28.4 Å². The molecular formula is C11H20O7. The molecule has 0 unspecified atom stereocenters. The van der Waals surface area contributed by atoms with Crippen LogP contribution >= 0.6 is 0 Å². The van der Waals surface area contributed by atoms with Gasteiger partial charge in [0.15, 0.2) is 12.4 Å². The number of ether oxygens (including phenoxy) is 6. The molecule has 7 nitrogen and oxygen atoms in total. The normalized spacial score (nSPS) is 36.4. The van der Waals surface area contributed by atoms with Crippen LogP contribution < -0.4 is 0 Å². The first-order valence-electron chi connectivity index (χ1n) is 5.49. The van der Waals surface area contributed by atoms with Crippen LogP contribution in [0.4, 0.5) is 0 Å². The Morgan fingerprint density at radius 1 is 0.833 bits per heavy atom. The second kappa shape index (κ2) is 7.01. The van der Waals surface area contributed by atoms with E-state index in [0.717, 1.165) is 0 Å². The minimum absolute atomic E-state index is 0.495.